The molecule has 0 radical (unpaired) electrons. The lowest BCUT2D eigenvalue weighted by Gasteiger charge is -2.10. The Kier molecular flexibility index (Phi) is 5.24. The van der Waals surface area contributed by atoms with E-state index in [1.165, 1.54) is 17.0 Å². The number of nitrogens with zero attached hydrogens (tertiary/aromatic N) is 2. The maximum atomic E-state index is 12.7. The summed E-state index contributed by atoms with van der Waals surface area (Å²) in [6.45, 7) is 1.06. The third-order valence-electron chi connectivity index (χ3n) is 5.39. The van der Waals surface area contributed by atoms with Crippen molar-refractivity contribution >= 4 is 22.0 Å². The first-order valence-electron chi connectivity index (χ1n) is 10.3. The van der Waals surface area contributed by atoms with E-state index in [1.807, 2.05) is 59.0 Å². The third-order valence-corrected chi connectivity index (χ3v) is 6.53. The van der Waals surface area contributed by atoms with Gasteiger partial charge < -0.3 is 10.1 Å². The zero-order valence-corrected chi connectivity index (χ0v) is 17.5. The molecular weight excluding hydrogens is 394 g/mol. The molecule has 0 atom stereocenters. The number of rotatable bonds is 6. The molecule has 1 aliphatic carbocycles. The van der Waals surface area contributed by atoms with Crippen molar-refractivity contribution in [1.29, 1.82) is 0 Å². The van der Waals surface area contributed by atoms with Gasteiger partial charge in [-0.05, 0) is 55.5 Å². The Hall–Kier alpha value is -3.12. The average molecular weight is 418 g/mol. The Balaban J connectivity index is 1.24. The molecule has 0 amide bonds. The highest BCUT2D eigenvalue weighted by Gasteiger charge is 2.18. The van der Waals surface area contributed by atoms with Gasteiger partial charge in [0, 0.05) is 22.3 Å². The van der Waals surface area contributed by atoms with E-state index in [0.717, 1.165) is 46.9 Å². The molecule has 0 saturated carbocycles. The van der Waals surface area contributed by atoms with Gasteiger partial charge in [-0.2, -0.15) is 0 Å². The van der Waals surface area contributed by atoms with Gasteiger partial charge >= 0.3 is 0 Å². The summed E-state index contributed by atoms with van der Waals surface area (Å²) in [5.41, 5.74) is 4.07. The van der Waals surface area contributed by atoms with Gasteiger partial charge in [-0.1, -0.05) is 30.3 Å². The number of thiazole rings is 1. The average Bonchev–Trinajstić information content (AvgIpc) is 3.16. The minimum absolute atomic E-state index is 0.0286. The van der Waals surface area contributed by atoms with Crippen LogP contribution in [0.3, 0.4) is 0 Å². The van der Waals surface area contributed by atoms with Crippen molar-refractivity contribution < 1.29 is 4.74 Å². The Morgan fingerprint density at radius 2 is 1.83 bits per heavy atom. The lowest BCUT2D eigenvalue weighted by Crippen LogP contribution is -2.18. The first-order chi connectivity index (χ1) is 14.8. The van der Waals surface area contributed by atoms with E-state index in [4.69, 9.17) is 9.72 Å². The van der Waals surface area contributed by atoms with E-state index < -0.39 is 0 Å². The summed E-state index contributed by atoms with van der Waals surface area (Å²) in [6, 6.07) is 19.6. The fraction of sp³-hybridized carbons (Fsp3) is 0.250. The molecule has 0 unspecified atom stereocenters. The molecule has 152 valence electrons. The Morgan fingerprint density at radius 1 is 1.03 bits per heavy atom. The van der Waals surface area contributed by atoms with Crippen LogP contribution in [0.5, 0.6) is 5.75 Å². The Morgan fingerprint density at radius 3 is 2.67 bits per heavy atom. The van der Waals surface area contributed by atoms with E-state index in [2.05, 4.69) is 5.32 Å². The van der Waals surface area contributed by atoms with Crippen molar-refractivity contribution in [2.75, 3.05) is 5.32 Å². The van der Waals surface area contributed by atoms with E-state index >= 15 is 0 Å². The number of fused-ring (bicyclic) bond motifs is 3. The molecule has 0 bridgehead atoms. The standard InChI is InChI=1S/C24H23N3O2S/c28-23-14-19(26-24-27(23)21-8-4-5-9-22(21)30-24)15-25-18-10-12-20(13-11-18)29-16-17-6-2-1-3-7-17/h1-3,6-7,10-14,25H,4-5,8-9,15-16H2. The van der Waals surface area contributed by atoms with Crippen LogP contribution in [0.15, 0.2) is 65.5 Å². The summed E-state index contributed by atoms with van der Waals surface area (Å²) in [7, 11) is 0. The molecule has 5 nitrogen and oxygen atoms in total. The summed E-state index contributed by atoms with van der Waals surface area (Å²) in [5, 5.41) is 3.35. The number of hydrogen-bond acceptors (Lipinski definition) is 5. The topological polar surface area (TPSA) is 55.6 Å². The first kappa shape index (κ1) is 18.9. The van der Waals surface area contributed by atoms with Crippen molar-refractivity contribution in [3.63, 3.8) is 0 Å². The number of nitrogens with one attached hydrogen (secondary N) is 1. The van der Waals surface area contributed by atoms with E-state index in [9.17, 15) is 4.79 Å². The molecular formula is C24H23N3O2S. The van der Waals surface area contributed by atoms with Crippen LogP contribution in [0.25, 0.3) is 4.96 Å². The van der Waals surface area contributed by atoms with Gasteiger partial charge in [0.05, 0.1) is 12.2 Å². The smallest absolute Gasteiger partial charge is 0.259 e. The first-order valence-corrected chi connectivity index (χ1v) is 11.1. The van der Waals surface area contributed by atoms with Crippen molar-refractivity contribution in [2.45, 2.75) is 38.8 Å². The minimum atomic E-state index is 0.0286. The fourth-order valence-corrected chi connectivity index (χ4v) is 5.07. The highest BCUT2D eigenvalue weighted by molar-refractivity contribution is 7.17. The lowest BCUT2D eigenvalue weighted by atomic mass is 10.0. The molecule has 0 saturated heterocycles. The highest BCUT2D eigenvalue weighted by atomic mass is 32.1. The van der Waals surface area contributed by atoms with Gasteiger partial charge in [0.15, 0.2) is 4.96 Å². The van der Waals surface area contributed by atoms with Gasteiger partial charge in [-0.3, -0.25) is 9.20 Å². The zero-order valence-electron chi connectivity index (χ0n) is 16.6. The molecule has 30 heavy (non-hydrogen) atoms. The van der Waals surface area contributed by atoms with Crippen LogP contribution in [0.4, 0.5) is 5.69 Å². The van der Waals surface area contributed by atoms with Crippen molar-refractivity contribution in [3.8, 4) is 5.75 Å². The Labute approximate surface area is 179 Å². The zero-order chi connectivity index (χ0) is 20.3. The minimum Gasteiger partial charge on any atom is -0.489 e. The van der Waals surface area contributed by atoms with Gasteiger partial charge in [0.1, 0.15) is 12.4 Å². The van der Waals surface area contributed by atoms with Gasteiger partial charge in [-0.25, -0.2) is 4.98 Å². The molecule has 5 rings (SSSR count). The molecule has 1 aliphatic rings. The number of ether oxygens (including phenoxy) is 1. The van der Waals surface area contributed by atoms with E-state index in [0.29, 0.717) is 13.2 Å². The summed E-state index contributed by atoms with van der Waals surface area (Å²) >= 11 is 1.66. The SMILES string of the molecule is O=c1cc(CNc2ccc(OCc3ccccc3)cc2)nc2sc3c(n12)CCCC3. The summed E-state index contributed by atoms with van der Waals surface area (Å²) in [6.07, 6.45) is 4.40. The number of aromatic nitrogens is 2. The summed E-state index contributed by atoms with van der Waals surface area (Å²) in [5.74, 6) is 0.825. The van der Waals surface area contributed by atoms with E-state index in [-0.39, 0.29) is 5.56 Å². The molecule has 0 aliphatic heterocycles. The number of anilines is 1. The number of aryl methyl sites for hydroxylation is 2. The maximum Gasteiger partial charge on any atom is 0.259 e. The molecule has 2 aromatic carbocycles. The van der Waals surface area contributed by atoms with Crippen LogP contribution in [0, 0.1) is 0 Å². The van der Waals surface area contributed by atoms with E-state index in [1.54, 1.807) is 17.4 Å². The van der Waals surface area contributed by atoms with Crippen LogP contribution in [-0.4, -0.2) is 9.38 Å². The molecule has 6 heteroatoms. The summed E-state index contributed by atoms with van der Waals surface area (Å²) < 4.78 is 7.64. The molecule has 0 spiro atoms. The largest absolute Gasteiger partial charge is 0.489 e. The quantitative estimate of drug-likeness (QED) is 0.488. The molecule has 2 aromatic heterocycles. The van der Waals surface area contributed by atoms with Crippen LogP contribution < -0.4 is 15.6 Å². The van der Waals surface area contributed by atoms with Crippen molar-refractivity contribution in [3.05, 3.63) is 92.8 Å². The maximum absolute atomic E-state index is 12.7. The van der Waals surface area contributed by atoms with Crippen LogP contribution in [0.1, 0.15) is 34.7 Å². The van der Waals surface area contributed by atoms with Crippen LogP contribution >= 0.6 is 11.3 Å². The predicted octanol–water partition coefficient (Wildman–Crippen LogP) is 4.83. The van der Waals surface area contributed by atoms with Crippen molar-refractivity contribution in [1.82, 2.24) is 9.38 Å². The highest BCUT2D eigenvalue weighted by Crippen LogP contribution is 2.28. The third kappa shape index (κ3) is 3.96. The molecule has 4 aromatic rings. The Bertz CT molecular complexity index is 1210. The lowest BCUT2D eigenvalue weighted by molar-refractivity contribution is 0.306. The molecule has 0 fully saturated rings. The second kappa shape index (κ2) is 8.32. The second-order valence-corrected chi connectivity index (χ2v) is 8.60. The van der Waals surface area contributed by atoms with Crippen LogP contribution in [-0.2, 0) is 26.0 Å². The molecule has 2 heterocycles. The van der Waals surface area contributed by atoms with Gasteiger partial charge in [-0.15, -0.1) is 11.3 Å². The molecule has 1 N–H and O–H groups in total. The van der Waals surface area contributed by atoms with Crippen LogP contribution in [0.2, 0.25) is 0 Å². The second-order valence-electron chi connectivity index (χ2n) is 7.53. The van der Waals surface area contributed by atoms with Gasteiger partial charge in [0.2, 0.25) is 0 Å². The number of hydrogen-bond donors (Lipinski definition) is 1. The van der Waals surface area contributed by atoms with Gasteiger partial charge in [0.25, 0.3) is 5.56 Å². The number of benzene rings is 2. The summed E-state index contributed by atoms with van der Waals surface area (Å²) in [4.78, 5) is 19.5. The van der Waals surface area contributed by atoms with Crippen molar-refractivity contribution in [2.24, 2.45) is 0 Å². The fourth-order valence-electron chi connectivity index (χ4n) is 3.83. The predicted molar refractivity (Wildman–Crippen MR) is 121 cm³/mol. The normalized spacial score (nSPS) is 13.2. The monoisotopic (exact) mass is 417 g/mol.